The fourth-order valence-corrected chi connectivity index (χ4v) is 8.36. The highest BCUT2D eigenvalue weighted by Gasteiger charge is 2.21. The van der Waals surface area contributed by atoms with Crippen molar-refractivity contribution in [2.24, 2.45) is 0 Å². The van der Waals surface area contributed by atoms with Gasteiger partial charge >= 0.3 is 0 Å². The number of imidazole rings is 1. The van der Waals surface area contributed by atoms with Gasteiger partial charge in [0.15, 0.2) is 6.17 Å². The lowest BCUT2D eigenvalue weighted by atomic mass is 9.97. The van der Waals surface area contributed by atoms with Crippen LogP contribution in [0, 0.1) is 0 Å². The summed E-state index contributed by atoms with van der Waals surface area (Å²) in [4.78, 5) is 9.41. The number of benzene rings is 5. The largest absolute Gasteiger partial charge is 0.299 e. The van der Waals surface area contributed by atoms with Crippen molar-refractivity contribution < 1.29 is 4.39 Å². The maximum absolute atomic E-state index is 16.7. The molecule has 0 aliphatic carbocycles. The number of hydrogen-bond donors (Lipinski definition) is 0. The van der Waals surface area contributed by atoms with Crippen molar-refractivity contribution in [2.75, 3.05) is 0 Å². The summed E-state index contributed by atoms with van der Waals surface area (Å²) in [5.41, 5.74) is 5.17. The van der Waals surface area contributed by atoms with Crippen LogP contribution in [0.25, 0.3) is 75.1 Å². The van der Waals surface area contributed by atoms with Crippen LogP contribution in [0.1, 0.15) is 17.3 Å². The molecule has 4 nitrogen and oxygen atoms in total. The Kier molecular flexibility index (Phi) is 5.08. The lowest BCUT2D eigenvalue weighted by molar-refractivity contribution is 0.402. The zero-order valence-corrected chi connectivity index (χ0v) is 24.7. The minimum atomic E-state index is -1.32. The van der Waals surface area contributed by atoms with Crippen LogP contribution in [0.5, 0.6) is 0 Å². The number of fused-ring (bicyclic) bond motifs is 13. The van der Waals surface area contributed by atoms with Crippen LogP contribution in [0.2, 0.25) is 0 Å². The second kappa shape index (κ2) is 9.21. The van der Waals surface area contributed by atoms with E-state index in [1.807, 2.05) is 73.1 Å². The van der Waals surface area contributed by atoms with Crippen LogP contribution >= 0.6 is 11.3 Å². The molecule has 1 unspecified atom stereocenters. The van der Waals surface area contributed by atoms with Crippen molar-refractivity contribution in [3.63, 3.8) is 0 Å². The van der Waals surface area contributed by atoms with Gasteiger partial charge in [-0.25, -0.2) is 14.4 Å². The number of halogens is 1. The lowest BCUT2D eigenvalue weighted by Gasteiger charge is -2.14. The van der Waals surface area contributed by atoms with Crippen molar-refractivity contribution >= 4 is 80.6 Å². The van der Waals surface area contributed by atoms with Gasteiger partial charge in [-0.1, -0.05) is 78.9 Å². The van der Waals surface area contributed by atoms with Crippen molar-refractivity contribution in [3.8, 4) is 5.82 Å². The van der Waals surface area contributed by atoms with Crippen LogP contribution in [0.3, 0.4) is 0 Å². The molecule has 0 saturated heterocycles. The highest BCUT2D eigenvalue weighted by molar-refractivity contribution is 7.26. The summed E-state index contributed by atoms with van der Waals surface area (Å²) >= 11 is 1.80. The predicted octanol–water partition coefficient (Wildman–Crippen LogP) is 10.6. The van der Waals surface area contributed by atoms with Crippen LogP contribution in [-0.4, -0.2) is 18.9 Å². The quantitative estimate of drug-likeness (QED) is 0.190. The molecule has 212 valence electrons. The highest BCUT2D eigenvalue weighted by Crippen LogP contribution is 2.43. The van der Waals surface area contributed by atoms with E-state index in [0.29, 0.717) is 11.1 Å². The second-order valence-corrected chi connectivity index (χ2v) is 12.6. The minimum absolute atomic E-state index is 0.606. The van der Waals surface area contributed by atoms with E-state index in [1.165, 1.54) is 20.2 Å². The summed E-state index contributed by atoms with van der Waals surface area (Å²) in [7, 11) is 0. The number of pyridine rings is 2. The fraction of sp³-hybridized carbons (Fsp3) is 0.0256. The molecule has 10 aromatic rings. The van der Waals surface area contributed by atoms with Gasteiger partial charge < -0.3 is 0 Å². The molecule has 0 N–H and O–H groups in total. The second-order valence-electron chi connectivity index (χ2n) is 11.5. The summed E-state index contributed by atoms with van der Waals surface area (Å²) in [6, 6.07) is 39.1. The number of para-hydroxylation sites is 1. The van der Waals surface area contributed by atoms with Gasteiger partial charge in [-0.15, -0.1) is 11.3 Å². The molecule has 10 rings (SSSR count). The molecule has 0 amide bonds. The molecule has 5 aromatic heterocycles. The summed E-state index contributed by atoms with van der Waals surface area (Å²) in [6.45, 7) is 0. The minimum Gasteiger partial charge on any atom is -0.299 e. The highest BCUT2D eigenvalue weighted by atomic mass is 32.1. The smallest absolute Gasteiger partial charge is 0.150 e. The van der Waals surface area contributed by atoms with E-state index in [4.69, 9.17) is 4.98 Å². The SMILES string of the molecule is FC(c1ccc2c3ccccc3n3ccnc3c2c1)c1ccc2c3ccc4c5ccccc5sc4c3n(-c3ccccn3)c2c1. The number of hydrogen-bond acceptors (Lipinski definition) is 3. The standard InChI is InChI=1S/C39H23FN4S/c40-36(23-12-14-25-26-7-1-3-9-32(26)43-20-19-42-39(43)31(25)21-23)24-13-15-27-29-16-17-30-28-8-2-4-10-34(28)45-38(30)37(29)44(33(27)22-24)35-11-5-6-18-41-35/h1-22,36H. The van der Waals surface area contributed by atoms with Gasteiger partial charge in [0.25, 0.3) is 0 Å². The van der Waals surface area contributed by atoms with Gasteiger partial charge in [0.05, 0.1) is 21.3 Å². The first kappa shape index (κ1) is 24.8. The molecule has 5 heterocycles. The maximum atomic E-state index is 16.7. The third kappa shape index (κ3) is 3.45. The zero-order valence-electron chi connectivity index (χ0n) is 23.9. The van der Waals surface area contributed by atoms with E-state index in [9.17, 15) is 0 Å². The average Bonchev–Trinajstić information content (AvgIpc) is 3.82. The Bertz CT molecular complexity index is 2790. The molecule has 5 aromatic carbocycles. The first-order valence-electron chi connectivity index (χ1n) is 15.0. The lowest BCUT2D eigenvalue weighted by Crippen LogP contribution is -1.99. The molecular weight excluding hydrogens is 576 g/mol. The van der Waals surface area contributed by atoms with Crippen molar-refractivity contribution in [3.05, 3.63) is 145 Å². The first-order chi connectivity index (χ1) is 22.2. The van der Waals surface area contributed by atoms with E-state index in [0.717, 1.165) is 54.9 Å². The molecule has 0 aliphatic rings. The predicted molar refractivity (Wildman–Crippen MR) is 185 cm³/mol. The summed E-state index contributed by atoms with van der Waals surface area (Å²) in [5.74, 6) is 0.814. The van der Waals surface area contributed by atoms with Crippen LogP contribution in [-0.2, 0) is 0 Å². The number of rotatable bonds is 3. The van der Waals surface area contributed by atoms with Crippen LogP contribution in [0.4, 0.5) is 4.39 Å². The Morgan fingerprint density at radius 3 is 2.20 bits per heavy atom. The van der Waals surface area contributed by atoms with Gasteiger partial charge in [0.2, 0.25) is 0 Å². The summed E-state index contributed by atoms with van der Waals surface area (Å²) in [6.07, 6.45) is 4.27. The molecule has 0 aliphatic heterocycles. The summed E-state index contributed by atoms with van der Waals surface area (Å²) in [5, 5.41) is 7.81. The molecule has 45 heavy (non-hydrogen) atoms. The van der Waals surface area contributed by atoms with E-state index in [2.05, 4.69) is 68.5 Å². The molecule has 0 bridgehead atoms. The van der Waals surface area contributed by atoms with Crippen LogP contribution in [0.15, 0.2) is 134 Å². The Balaban J connectivity index is 1.22. The maximum Gasteiger partial charge on any atom is 0.150 e. The van der Waals surface area contributed by atoms with E-state index in [-0.39, 0.29) is 0 Å². The van der Waals surface area contributed by atoms with Crippen LogP contribution < -0.4 is 0 Å². The molecule has 0 radical (unpaired) electrons. The van der Waals surface area contributed by atoms with E-state index < -0.39 is 6.17 Å². The molecule has 1 atom stereocenters. The van der Waals surface area contributed by atoms with E-state index >= 15 is 4.39 Å². The molecular formula is C39H23FN4S. The number of alkyl halides is 1. The van der Waals surface area contributed by atoms with Gasteiger partial charge in [0, 0.05) is 55.6 Å². The van der Waals surface area contributed by atoms with Gasteiger partial charge in [-0.05, 0) is 52.9 Å². The molecule has 0 saturated carbocycles. The molecule has 6 heteroatoms. The Hall–Kier alpha value is -5.59. The fourth-order valence-electron chi connectivity index (χ4n) is 7.12. The average molecular weight is 599 g/mol. The van der Waals surface area contributed by atoms with Gasteiger partial charge in [-0.2, -0.15) is 0 Å². The molecule has 0 spiro atoms. The van der Waals surface area contributed by atoms with Gasteiger partial charge in [-0.3, -0.25) is 8.97 Å². The van der Waals surface area contributed by atoms with Crippen molar-refractivity contribution in [2.45, 2.75) is 6.17 Å². The Morgan fingerprint density at radius 1 is 0.578 bits per heavy atom. The zero-order chi connectivity index (χ0) is 29.6. The number of thiophene rings is 1. The van der Waals surface area contributed by atoms with Gasteiger partial charge in [0.1, 0.15) is 11.5 Å². The third-order valence-corrected chi connectivity index (χ3v) is 10.3. The summed E-state index contributed by atoms with van der Waals surface area (Å²) < 4.78 is 23.4. The third-order valence-electron chi connectivity index (χ3n) is 9.14. The Morgan fingerprint density at radius 2 is 1.31 bits per heavy atom. The molecule has 0 fully saturated rings. The normalized spacial score (nSPS) is 12.9. The van der Waals surface area contributed by atoms with Crippen molar-refractivity contribution in [1.29, 1.82) is 0 Å². The number of aromatic nitrogens is 4. The Labute approximate surface area is 260 Å². The number of nitrogens with zero attached hydrogens (tertiary/aromatic N) is 4. The van der Waals surface area contributed by atoms with Crippen molar-refractivity contribution in [1.82, 2.24) is 18.9 Å². The topological polar surface area (TPSA) is 35.1 Å². The van der Waals surface area contributed by atoms with E-state index in [1.54, 1.807) is 17.5 Å². The monoisotopic (exact) mass is 598 g/mol. The first-order valence-corrected chi connectivity index (χ1v) is 15.8.